The van der Waals surface area contributed by atoms with Gasteiger partial charge in [-0.15, -0.1) is 0 Å². The van der Waals surface area contributed by atoms with E-state index in [1.165, 1.54) is 5.82 Å². The quantitative estimate of drug-likeness (QED) is 0.712. The third kappa shape index (κ3) is 5.42. The van der Waals surface area contributed by atoms with Gasteiger partial charge >= 0.3 is 0 Å². The minimum atomic E-state index is 0.232. The van der Waals surface area contributed by atoms with Gasteiger partial charge in [0.15, 0.2) is 0 Å². The molecule has 3 heterocycles. The number of carbonyl (C=O) groups is 1. The summed E-state index contributed by atoms with van der Waals surface area (Å²) in [6, 6.07) is 1.97. The van der Waals surface area contributed by atoms with Gasteiger partial charge in [-0.05, 0) is 52.9 Å². The molecule has 1 saturated heterocycles. The summed E-state index contributed by atoms with van der Waals surface area (Å²) in [5.41, 5.74) is 0.990. The fourth-order valence-electron chi connectivity index (χ4n) is 3.77. The Morgan fingerprint density at radius 1 is 1.22 bits per heavy atom. The molecule has 0 N–H and O–H groups in total. The lowest BCUT2D eigenvalue weighted by atomic mass is 9.95. The molecular formula is C20H32N6O. The molecule has 0 unspecified atom stereocenters. The highest BCUT2D eigenvalue weighted by atomic mass is 16.2. The second-order valence-corrected chi connectivity index (χ2v) is 7.76. The van der Waals surface area contributed by atoms with E-state index >= 15 is 0 Å². The Labute approximate surface area is 162 Å². The number of nitrogens with zero attached hydrogens (tertiary/aromatic N) is 6. The molecule has 0 saturated carbocycles. The van der Waals surface area contributed by atoms with Crippen LogP contribution in [0.25, 0.3) is 0 Å². The highest BCUT2D eigenvalue weighted by Gasteiger charge is 2.26. The molecule has 1 aliphatic rings. The van der Waals surface area contributed by atoms with E-state index in [-0.39, 0.29) is 5.91 Å². The van der Waals surface area contributed by atoms with E-state index in [1.807, 2.05) is 35.0 Å². The van der Waals surface area contributed by atoms with Gasteiger partial charge in [0.25, 0.3) is 0 Å². The van der Waals surface area contributed by atoms with Crippen LogP contribution in [0.4, 0.5) is 0 Å². The second kappa shape index (κ2) is 9.17. The summed E-state index contributed by atoms with van der Waals surface area (Å²) in [5, 5.41) is 4.35. The van der Waals surface area contributed by atoms with Gasteiger partial charge in [0.2, 0.25) is 5.91 Å². The zero-order chi connectivity index (χ0) is 19.2. The first-order valence-electron chi connectivity index (χ1n) is 9.96. The van der Waals surface area contributed by atoms with Crippen LogP contribution in [0.3, 0.4) is 0 Å². The van der Waals surface area contributed by atoms with Crippen molar-refractivity contribution in [3.63, 3.8) is 0 Å². The van der Waals surface area contributed by atoms with E-state index < -0.39 is 0 Å². The van der Waals surface area contributed by atoms with E-state index in [1.54, 1.807) is 0 Å². The SMILES string of the molecule is Cc1ccn(CCC(=O)N2CCC(c3nccn3CCCN(C)C)CC2)n1. The normalized spacial score (nSPS) is 15.6. The summed E-state index contributed by atoms with van der Waals surface area (Å²) in [5.74, 6) is 1.88. The maximum atomic E-state index is 12.5. The van der Waals surface area contributed by atoms with Gasteiger partial charge in [-0.1, -0.05) is 0 Å². The van der Waals surface area contributed by atoms with Crippen molar-refractivity contribution in [1.29, 1.82) is 0 Å². The van der Waals surface area contributed by atoms with Gasteiger partial charge in [0.1, 0.15) is 5.82 Å². The van der Waals surface area contributed by atoms with E-state index in [0.717, 1.165) is 51.1 Å². The summed E-state index contributed by atoms with van der Waals surface area (Å²) < 4.78 is 4.15. The number of imidazole rings is 1. The Balaban J connectivity index is 1.46. The number of likely N-dealkylation sites (tertiary alicyclic amines) is 1. The standard InChI is InChI=1S/C20H32N6O/c1-17-5-14-26(22-17)15-8-19(27)24-12-6-18(7-13-24)20-21-9-16-25(20)11-4-10-23(2)3/h5,9,14,16,18H,4,6-8,10-13,15H2,1-3H3. The van der Waals surface area contributed by atoms with Crippen molar-refractivity contribution in [2.75, 3.05) is 33.7 Å². The lowest BCUT2D eigenvalue weighted by molar-refractivity contribution is -0.132. The highest BCUT2D eigenvalue weighted by Crippen LogP contribution is 2.27. The molecule has 0 radical (unpaired) electrons. The van der Waals surface area contributed by atoms with E-state index in [0.29, 0.717) is 18.9 Å². The number of aryl methyl sites for hydroxylation is 3. The van der Waals surface area contributed by atoms with Crippen molar-refractivity contribution in [2.24, 2.45) is 0 Å². The number of hydrogen-bond donors (Lipinski definition) is 0. The Morgan fingerprint density at radius 2 is 2.00 bits per heavy atom. The fourth-order valence-corrected chi connectivity index (χ4v) is 3.77. The molecule has 0 spiro atoms. The number of carbonyl (C=O) groups excluding carboxylic acids is 1. The highest BCUT2D eigenvalue weighted by molar-refractivity contribution is 5.76. The van der Waals surface area contributed by atoms with Crippen molar-refractivity contribution in [3.8, 4) is 0 Å². The summed E-state index contributed by atoms with van der Waals surface area (Å²) in [6.45, 7) is 6.37. The minimum absolute atomic E-state index is 0.232. The summed E-state index contributed by atoms with van der Waals surface area (Å²) in [7, 11) is 4.21. The molecule has 2 aromatic heterocycles. The summed E-state index contributed by atoms with van der Waals surface area (Å²) in [4.78, 5) is 21.3. The Bertz CT molecular complexity index is 726. The molecule has 7 nitrogen and oxygen atoms in total. The Morgan fingerprint density at radius 3 is 2.67 bits per heavy atom. The first-order chi connectivity index (χ1) is 13.0. The molecular weight excluding hydrogens is 340 g/mol. The van der Waals surface area contributed by atoms with E-state index in [9.17, 15) is 4.79 Å². The first-order valence-corrected chi connectivity index (χ1v) is 9.96. The van der Waals surface area contributed by atoms with Gasteiger partial charge in [-0.25, -0.2) is 4.98 Å². The third-order valence-corrected chi connectivity index (χ3v) is 5.29. The van der Waals surface area contributed by atoms with Crippen LogP contribution in [0.15, 0.2) is 24.7 Å². The predicted octanol–water partition coefficient (Wildman–Crippen LogP) is 2.14. The molecule has 0 bridgehead atoms. The molecule has 27 heavy (non-hydrogen) atoms. The van der Waals surface area contributed by atoms with Crippen LogP contribution < -0.4 is 0 Å². The average molecular weight is 373 g/mol. The molecule has 2 aromatic rings. The van der Waals surface area contributed by atoms with Crippen LogP contribution in [0.5, 0.6) is 0 Å². The van der Waals surface area contributed by atoms with Gasteiger partial charge in [0.05, 0.1) is 5.69 Å². The topological polar surface area (TPSA) is 59.2 Å². The summed E-state index contributed by atoms with van der Waals surface area (Å²) >= 11 is 0. The smallest absolute Gasteiger partial charge is 0.224 e. The lowest BCUT2D eigenvalue weighted by Gasteiger charge is -2.32. The van der Waals surface area contributed by atoms with Crippen molar-refractivity contribution in [1.82, 2.24) is 29.1 Å². The monoisotopic (exact) mass is 372 g/mol. The number of rotatable bonds is 8. The van der Waals surface area contributed by atoms with Gasteiger partial charge in [-0.3, -0.25) is 9.48 Å². The Kier molecular flexibility index (Phi) is 6.66. The van der Waals surface area contributed by atoms with Crippen LogP contribution >= 0.6 is 0 Å². The lowest BCUT2D eigenvalue weighted by Crippen LogP contribution is -2.38. The van der Waals surface area contributed by atoms with E-state index in [2.05, 4.69) is 39.8 Å². The van der Waals surface area contributed by atoms with Crippen molar-refractivity contribution in [2.45, 2.75) is 51.6 Å². The third-order valence-electron chi connectivity index (χ3n) is 5.29. The molecule has 0 aliphatic carbocycles. The molecule has 7 heteroatoms. The molecule has 1 fully saturated rings. The fraction of sp³-hybridized carbons (Fsp3) is 0.650. The number of amides is 1. The molecule has 0 atom stereocenters. The number of hydrogen-bond acceptors (Lipinski definition) is 4. The molecule has 1 aliphatic heterocycles. The maximum Gasteiger partial charge on any atom is 0.224 e. The number of piperidine rings is 1. The van der Waals surface area contributed by atoms with Crippen molar-refractivity contribution >= 4 is 5.91 Å². The van der Waals surface area contributed by atoms with Crippen LogP contribution in [-0.2, 0) is 17.9 Å². The average Bonchev–Trinajstić information content (AvgIpc) is 3.28. The molecule has 148 valence electrons. The van der Waals surface area contributed by atoms with Crippen LogP contribution in [0.2, 0.25) is 0 Å². The van der Waals surface area contributed by atoms with Crippen LogP contribution in [-0.4, -0.2) is 68.8 Å². The van der Waals surface area contributed by atoms with Gasteiger partial charge < -0.3 is 14.4 Å². The van der Waals surface area contributed by atoms with E-state index in [4.69, 9.17) is 0 Å². The largest absolute Gasteiger partial charge is 0.343 e. The number of aromatic nitrogens is 4. The second-order valence-electron chi connectivity index (χ2n) is 7.76. The maximum absolute atomic E-state index is 12.5. The van der Waals surface area contributed by atoms with Crippen LogP contribution in [0, 0.1) is 6.92 Å². The molecule has 1 amide bonds. The molecule has 0 aromatic carbocycles. The first kappa shape index (κ1) is 19.6. The zero-order valence-electron chi connectivity index (χ0n) is 16.8. The zero-order valence-corrected chi connectivity index (χ0v) is 16.8. The van der Waals surface area contributed by atoms with Gasteiger partial charge in [-0.2, -0.15) is 5.10 Å². The predicted molar refractivity (Wildman–Crippen MR) is 106 cm³/mol. The summed E-state index contributed by atoms with van der Waals surface area (Å²) in [6.07, 6.45) is 9.58. The Hall–Kier alpha value is -2.15. The van der Waals surface area contributed by atoms with Crippen LogP contribution in [0.1, 0.15) is 43.1 Å². The van der Waals surface area contributed by atoms with Gasteiger partial charge in [0, 0.05) is 57.1 Å². The van der Waals surface area contributed by atoms with Crippen molar-refractivity contribution < 1.29 is 4.79 Å². The van der Waals surface area contributed by atoms with Crippen molar-refractivity contribution in [3.05, 3.63) is 36.2 Å². The molecule has 3 rings (SSSR count). The minimum Gasteiger partial charge on any atom is -0.343 e.